The Hall–Kier alpha value is -0.640. The number of aromatic nitrogens is 2. The smallest absolute Gasteiger partial charge is 0.182 e. The van der Waals surface area contributed by atoms with E-state index in [9.17, 15) is 4.79 Å². The molecule has 1 aromatic heterocycles. The Bertz CT molecular complexity index is 298. The van der Waals surface area contributed by atoms with E-state index in [1.807, 2.05) is 13.8 Å². The molecule has 3 nitrogen and oxygen atoms in total. The molecule has 1 heterocycles. The van der Waals surface area contributed by atoms with Gasteiger partial charge < -0.3 is 0 Å². The number of halogens is 1. The van der Waals surface area contributed by atoms with E-state index >= 15 is 0 Å². The lowest BCUT2D eigenvalue weighted by Gasteiger charge is -2.04. The molecular formula is C9H13BrN2O. The van der Waals surface area contributed by atoms with Crippen LogP contribution in [-0.4, -0.2) is 15.6 Å². The first-order valence-corrected chi connectivity index (χ1v) is 5.02. The Kier molecular flexibility index (Phi) is 3.25. The van der Waals surface area contributed by atoms with Gasteiger partial charge in [-0.1, -0.05) is 13.8 Å². The average Bonchev–Trinajstić information content (AvgIpc) is 2.29. The first-order chi connectivity index (χ1) is 6.02. The van der Waals surface area contributed by atoms with Gasteiger partial charge in [-0.25, -0.2) is 0 Å². The van der Waals surface area contributed by atoms with Gasteiger partial charge in [0.05, 0.1) is 10.7 Å². The van der Waals surface area contributed by atoms with E-state index in [2.05, 4.69) is 21.0 Å². The van der Waals surface area contributed by atoms with E-state index < -0.39 is 0 Å². The fourth-order valence-corrected chi connectivity index (χ4v) is 1.76. The van der Waals surface area contributed by atoms with Crippen LogP contribution in [0.1, 0.15) is 30.8 Å². The SMILES string of the molecule is CC(C)CC(=O)c1c(Br)cnn1C. The summed E-state index contributed by atoms with van der Waals surface area (Å²) >= 11 is 3.30. The second kappa shape index (κ2) is 4.05. The third-order valence-corrected chi connectivity index (χ3v) is 2.33. The van der Waals surface area contributed by atoms with Crippen LogP contribution in [0.4, 0.5) is 0 Å². The summed E-state index contributed by atoms with van der Waals surface area (Å²) in [5.41, 5.74) is 0.661. The zero-order valence-electron chi connectivity index (χ0n) is 8.04. The van der Waals surface area contributed by atoms with Gasteiger partial charge in [0.2, 0.25) is 0 Å². The van der Waals surface area contributed by atoms with Crippen LogP contribution in [0.5, 0.6) is 0 Å². The molecule has 1 rings (SSSR count). The lowest BCUT2D eigenvalue weighted by Crippen LogP contribution is -2.09. The topological polar surface area (TPSA) is 34.9 Å². The predicted octanol–water partition coefficient (Wildman–Crippen LogP) is 2.41. The molecule has 13 heavy (non-hydrogen) atoms. The summed E-state index contributed by atoms with van der Waals surface area (Å²) in [5, 5.41) is 3.99. The molecule has 72 valence electrons. The molecule has 0 bridgehead atoms. The first kappa shape index (κ1) is 10.4. The van der Waals surface area contributed by atoms with Crippen LogP contribution in [-0.2, 0) is 7.05 Å². The number of hydrogen-bond acceptors (Lipinski definition) is 2. The quantitative estimate of drug-likeness (QED) is 0.766. The Balaban J connectivity index is 2.88. The van der Waals surface area contributed by atoms with Crippen molar-refractivity contribution in [1.82, 2.24) is 9.78 Å². The number of ketones is 1. The molecule has 0 atom stereocenters. The summed E-state index contributed by atoms with van der Waals surface area (Å²) < 4.78 is 2.38. The van der Waals surface area contributed by atoms with Crippen molar-refractivity contribution < 1.29 is 4.79 Å². The van der Waals surface area contributed by atoms with Crippen molar-refractivity contribution in [3.63, 3.8) is 0 Å². The molecule has 1 aromatic rings. The first-order valence-electron chi connectivity index (χ1n) is 4.23. The van der Waals surface area contributed by atoms with Crippen molar-refractivity contribution in [2.24, 2.45) is 13.0 Å². The minimum absolute atomic E-state index is 0.141. The third-order valence-electron chi connectivity index (χ3n) is 1.75. The number of nitrogens with zero attached hydrogens (tertiary/aromatic N) is 2. The largest absolute Gasteiger partial charge is 0.292 e. The number of carbonyl (C=O) groups excluding carboxylic acids is 1. The molecule has 0 spiro atoms. The van der Waals surface area contributed by atoms with Crippen LogP contribution in [0, 0.1) is 5.92 Å². The number of Topliss-reactive ketones (excluding diaryl/α,β-unsaturated/α-hetero) is 1. The van der Waals surface area contributed by atoms with Crippen molar-refractivity contribution in [1.29, 1.82) is 0 Å². The van der Waals surface area contributed by atoms with Gasteiger partial charge in [0, 0.05) is 13.5 Å². The van der Waals surface area contributed by atoms with Gasteiger partial charge in [-0.3, -0.25) is 9.48 Å². The zero-order valence-corrected chi connectivity index (χ0v) is 9.63. The highest BCUT2D eigenvalue weighted by atomic mass is 79.9. The van der Waals surface area contributed by atoms with Gasteiger partial charge >= 0.3 is 0 Å². The monoisotopic (exact) mass is 244 g/mol. The highest BCUT2D eigenvalue weighted by Crippen LogP contribution is 2.18. The van der Waals surface area contributed by atoms with Crippen LogP contribution < -0.4 is 0 Å². The fraction of sp³-hybridized carbons (Fsp3) is 0.556. The van der Waals surface area contributed by atoms with Gasteiger partial charge in [-0.15, -0.1) is 0 Å². The minimum Gasteiger partial charge on any atom is -0.292 e. The van der Waals surface area contributed by atoms with Gasteiger partial charge in [-0.05, 0) is 21.8 Å². The van der Waals surface area contributed by atoms with E-state index in [1.165, 1.54) is 0 Å². The predicted molar refractivity (Wildman–Crippen MR) is 54.7 cm³/mol. The van der Waals surface area contributed by atoms with E-state index in [-0.39, 0.29) is 5.78 Å². The standard InChI is InChI=1S/C9H13BrN2O/c1-6(2)4-8(13)9-7(10)5-11-12(9)3/h5-6H,4H2,1-3H3. The number of aryl methyl sites for hydroxylation is 1. The molecule has 0 saturated heterocycles. The van der Waals surface area contributed by atoms with Crippen LogP contribution >= 0.6 is 15.9 Å². The molecule has 0 radical (unpaired) electrons. The van der Waals surface area contributed by atoms with Gasteiger partial charge in [0.15, 0.2) is 5.78 Å². The summed E-state index contributed by atoms with van der Waals surface area (Å²) in [6, 6.07) is 0. The van der Waals surface area contributed by atoms with E-state index in [0.29, 0.717) is 18.0 Å². The van der Waals surface area contributed by atoms with Gasteiger partial charge in [0.1, 0.15) is 5.69 Å². The van der Waals surface area contributed by atoms with Gasteiger partial charge in [0.25, 0.3) is 0 Å². The summed E-state index contributed by atoms with van der Waals surface area (Å²) in [5.74, 6) is 0.524. The molecule has 0 aliphatic rings. The van der Waals surface area contributed by atoms with Crippen molar-refractivity contribution >= 4 is 21.7 Å². The molecule has 0 saturated carbocycles. The maximum atomic E-state index is 11.7. The fourth-order valence-electron chi connectivity index (χ4n) is 1.19. The Morgan fingerprint density at radius 1 is 1.69 bits per heavy atom. The van der Waals surface area contributed by atoms with Crippen LogP contribution in [0.25, 0.3) is 0 Å². The normalized spacial score (nSPS) is 10.8. The zero-order chi connectivity index (χ0) is 10.0. The molecule has 0 aromatic carbocycles. The van der Waals surface area contributed by atoms with E-state index in [4.69, 9.17) is 0 Å². The molecule has 0 unspecified atom stereocenters. The maximum absolute atomic E-state index is 11.7. The Morgan fingerprint density at radius 3 is 2.69 bits per heavy atom. The summed E-state index contributed by atoms with van der Waals surface area (Å²) in [6.45, 7) is 4.06. The molecular weight excluding hydrogens is 232 g/mol. The van der Waals surface area contributed by atoms with E-state index in [0.717, 1.165) is 4.47 Å². The van der Waals surface area contributed by atoms with E-state index in [1.54, 1.807) is 17.9 Å². The summed E-state index contributed by atoms with van der Waals surface area (Å²) in [4.78, 5) is 11.7. The molecule has 0 N–H and O–H groups in total. The van der Waals surface area contributed by atoms with Crippen molar-refractivity contribution in [3.8, 4) is 0 Å². The minimum atomic E-state index is 0.141. The Morgan fingerprint density at radius 2 is 2.31 bits per heavy atom. The second-order valence-corrected chi connectivity index (χ2v) is 4.34. The van der Waals surface area contributed by atoms with Crippen molar-refractivity contribution in [2.75, 3.05) is 0 Å². The number of hydrogen-bond donors (Lipinski definition) is 0. The third kappa shape index (κ3) is 2.40. The summed E-state index contributed by atoms with van der Waals surface area (Å²) in [6.07, 6.45) is 2.21. The van der Waals surface area contributed by atoms with Crippen LogP contribution in [0.3, 0.4) is 0 Å². The lowest BCUT2D eigenvalue weighted by molar-refractivity contribution is 0.0958. The number of carbonyl (C=O) groups is 1. The van der Waals surface area contributed by atoms with Crippen molar-refractivity contribution in [3.05, 3.63) is 16.4 Å². The lowest BCUT2D eigenvalue weighted by atomic mass is 10.1. The summed E-state index contributed by atoms with van der Waals surface area (Å²) in [7, 11) is 1.78. The average molecular weight is 245 g/mol. The molecule has 0 amide bonds. The van der Waals surface area contributed by atoms with Crippen LogP contribution in [0.2, 0.25) is 0 Å². The van der Waals surface area contributed by atoms with Crippen molar-refractivity contribution in [2.45, 2.75) is 20.3 Å². The molecule has 4 heteroatoms. The maximum Gasteiger partial charge on any atom is 0.182 e. The Labute approximate surface area is 86.3 Å². The molecule has 0 aliphatic carbocycles. The second-order valence-electron chi connectivity index (χ2n) is 3.49. The molecule has 0 aliphatic heterocycles. The van der Waals surface area contributed by atoms with Gasteiger partial charge in [-0.2, -0.15) is 5.10 Å². The molecule has 0 fully saturated rings. The number of rotatable bonds is 3. The highest BCUT2D eigenvalue weighted by molar-refractivity contribution is 9.10. The van der Waals surface area contributed by atoms with Crippen LogP contribution in [0.15, 0.2) is 10.7 Å². The highest BCUT2D eigenvalue weighted by Gasteiger charge is 2.15.